The molecule has 0 spiro atoms. The summed E-state index contributed by atoms with van der Waals surface area (Å²) in [5.41, 5.74) is 5.17. The van der Waals surface area contributed by atoms with E-state index in [1.807, 2.05) is 0 Å². The molecule has 0 atom stereocenters. The minimum absolute atomic E-state index is 0.194. The summed E-state index contributed by atoms with van der Waals surface area (Å²) >= 11 is 0. The van der Waals surface area contributed by atoms with E-state index in [1.54, 1.807) is 0 Å². The van der Waals surface area contributed by atoms with Crippen molar-refractivity contribution in [3.05, 3.63) is 35.0 Å². The Hall–Kier alpha value is -1.81. The SMILES string of the molecule is CCn1cc(CCC(=O)O)c2cc3c(cc21)CN(C)C3. The minimum Gasteiger partial charge on any atom is -0.481 e. The van der Waals surface area contributed by atoms with Gasteiger partial charge in [-0.1, -0.05) is 0 Å². The molecule has 0 saturated carbocycles. The predicted molar refractivity (Wildman–Crippen MR) is 78.7 cm³/mol. The number of nitrogens with zero attached hydrogens (tertiary/aromatic N) is 2. The van der Waals surface area contributed by atoms with Gasteiger partial charge >= 0.3 is 5.97 Å². The van der Waals surface area contributed by atoms with Gasteiger partial charge in [0, 0.05) is 43.2 Å². The van der Waals surface area contributed by atoms with Gasteiger partial charge in [-0.25, -0.2) is 0 Å². The van der Waals surface area contributed by atoms with Gasteiger partial charge in [0.25, 0.3) is 0 Å². The third-order valence-corrected chi connectivity index (χ3v) is 4.11. The number of hydrogen-bond donors (Lipinski definition) is 1. The van der Waals surface area contributed by atoms with Crippen LogP contribution in [0.1, 0.15) is 30.0 Å². The molecule has 2 aromatic rings. The van der Waals surface area contributed by atoms with Crippen molar-refractivity contribution in [3.63, 3.8) is 0 Å². The third-order valence-electron chi connectivity index (χ3n) is 4.11. The quantitative estimate of drug-likeness (QED) is 0.930. The molecule has 1 N–H and O–H groups in total. The topological polar surface area (TPSA) is 45.5 Å². The molecule has 0 unspecified atom stereocenters. The maximum atomic E-state index is 10.8. The van der Waals surface area contributed by atoms with Crippen molar-refractivity contribution in [2.24, 2.45) is 0 Å². The van der Waals surface area contributed by atoms with Gasteiger partial charge in [-0.15, -0.1) is 0 Å². The molecular weight excluding hydrogens is 252 g/mol. The van der Waals surface area contributed by atoms with Gasteiger partial charge in [-0.3, -0.25) is 9.69 Å². The van der Waals surface area contributed by atoms with E-state index in [2.05, 4.69) is 41.8 Å². The highest BCUT2D eigenvalue weighted by molar-refractivity contribution is 5.86. The number of benzene rings is 1. The van der Waals surface area contributed by atoms with Gasteiger partial charge in [0.1, 0.15) is 0 Å². The normalized spacial score (nSPS) is 14.9. The zero-order chi connectivity index (χ0) is 14.3. The van der Waals surface area contributed by atoms with Gasteiger partial charge in [0.15, 0.2) is 0 Å². The average Bonchev–Trinajstić information content (AvgIpc) is 2.92. The number of aliphatic carboxylic acids is 1. The highest BCUT2D eigenvalue weighted by atomic mass is 16.4. The summed E-state index contributed by atoms with van der Waals surface area (Å²) in [5.74, 6) is -0.733. The Labute approximate surface area is 118 Å². The van der Waals surface area contributed by atoms with E-state index < -0.39 is 5.97 Å². The standard InChI is InChI=1S/C16H20N2O2/c1-3-18-10-11(4-5-16(19)20)14-6-12-8-17(2)9-13(12)7-15(14)18/h6-7,10H,3-5,8-9H2,1-2H3,(H,19,20). The zero-order valence-corrected chi connectivity index (χ0v) is 12.0. The summed E-state index contributed by atoms with van der Waals surface area (Å²) in [6, 6.07) is 4.54. The lowest BCUT2D eigenvalue weighted by molar-refractivity contribution is -0.136. The van der Waals surface area contributed by atoms with Crippen molar-refractivity contribution in [2.75, 3.05) is 7.05 Å². The molecule has 1 aromatic carbocycles. The fourth-order valence-electron chi connectivity index (χ4n) is 3.13. The number of rotatable bonds is 4. The van der Waals surface area contributed by atoms with Crippen molar-refractivity contribution in [1.82, 2.24) is 9.47 Å². The van der Waals surface area contributed by atoms with E-state index in [-0.39, 0.29) is 6.42 Å². The molecule has 106 valence electrons. The first-order chi connectivity index (χ1) is 9.58. The van der Waals surface area contributed by atoms with Crippen LogP contribution in [0.15, 0.2) is 18.3 Å². The highest BCUT2D eigenvalue weighted by Crippen LogP contribution is 2.30. The van der Waals surface area contributed by atoms with Crippen LogP contribution >= 0.6 is 0 Å². The Morgan fingerprint density at radius 1 is 1.30 bits per heavy atom. The highest BCUT2D eigenvalue weighted by Gasteiger charge is 2.19. The van der Waals surface area contributed by atoms with Crippen LogP contribution in [0, 0.1) is 0 Å². The van der Waals surface area contributed by atoms with Gasteiger partial charge in [-0.05, 0) is 49.2 Å². The molecule has 0 bridgehead atoms. The van der Waals surface area contributed by atoms with Crippen molar-refractivity contribution in [3.8, 4) is 0 Å². The Kier molecular flexibility index (Phi) is 3.26. The molecular formula is C16H20N2O2. The monoisotopic (exact) mass is 272 g/mol. The average molecular weight is 272 g/mol. The van der Waals surface area contributed by atoms with E-state index in [9.17, 15) is 4.79 Å². The summed E-state index contributed by atoms with van der Waals surface area (Å²) in [7, 11) is 2.13. The Bertz CT molecular complexity index is 673. The van der Waals surface area contributed by atoms with Gasteiger partial charge in [0.05, 0.1) is 0 Å². The summed E-state index contributed by atoms with van der Waals surface area (Å²) in [6.45, 7) is 5.03. The molecule has 20 heavy (non-hydrogen) atoms. The number of hydrogen-bond acceptors (Lipinski definition) is 2. The maximum absolute atomic E-state index is 10.8. The van der Waals surface area contributed by atoms with E-state index in [1.165, 1.54) is 22.0 Å². The number of carboxylic acids is 1. The molecule has 3 rings (SSSR count). The molecule has 1 aliphatic rings. The first kappa shape index (κ1) is 13.2. The van der Waals surface area contributed by atoms with E-state index >= 15 is 0 Å². The van der Waals surface area contributed by atoms with E-state index in [0.29, 0.717) is 6.42 Å². The lowest BCUT2D eigenvalue weighted by atomic mass is 10.0. The lowest BCUT2D eigenvalue weighted by Crippen LogP contribution is -2.07. The third kappa shape index (κ3) is 2.20. The van der Waals surface area contributed by atoms with E-state index in [4.69, 9.17) is 5.11 Å². The van der Waals surface area contributed by atoms with Crippen LogP contribution in [0.5, 0.6) is 0 Å². The van der Waals surface area contributed by atoms with Crippen LogP contribution < -0.4 is 0 Å². The van der Waals surface area contributed by atoms with E-state index in [0.717, 1.165) is 25.2 Å². The summed E-state index contributed by atoms with van der Waals surface area (Å²) in [4.78, 5) is 13.1. The van der Waals surface area contributed by atoms with Crippen LogP contribution in [-0.4, -0.2) is 27.6 Å². The fourth-order valence-corrected chi connectivity index (χ4v) is 3.13. The number of aryl methyl sites for hydroxylation is 2. The van der Waals surface area contributed by atoms with Crippen molar-refractivity contribution in [2.45, 2.75) is 39.4 Å². The molecule has 4 nitrogen and oxygen atoms in total. The van der Waals surface area contributed by atoms with Gasteiger partial charge in [-0.2, -0.15) is 0 Å². The molecule has 1 aliphatic heterocycles. The van der Waals surface area contributed by atoms with Crippen LogP contribution in [0.25, 0.3) is 10.9 Å². The molecule has 4 heteroatoms. The first-order valence-corrected chi connectivity index (χ1v) is 7.12. The molecule has 0 amide bonds. The number of fused-ring (bicyclic) bond motifs is 2. The minimum atomic E-state index is -0.733. The van der Waals surface area contributed by atoms with Crippen LogP contribution in [0.4, 0.5) is 0 Å². The first-order valence-electron chi connectivity index (χ1n) is 7.12. The zero-order valence-electron chi connectivity index (χ0n) is 12.0. The van der Waals surface area contributed by atoms with Gasteiger partial charge in [0.2, 0.25) is 0 Å². The van der Waals surface area contributed by atoms with Crippen LogP contribution in [-0.2, 0) is 30.8 Å². The number of carboxylic acid groups (broad SMARTS) is 1. The molecule has 0 fully saturated rings. The van der Waals surface area contributed by atoms with Gasteiger partial charge < -0.3 is 9.67 Å². The second kappa shape index (κ2) is 4.94. The predicted octanol–water partition coefficient (Wildman–Crippen LogP) is 2.62. The summed E-state index contributed by atoms with van der Waals surface area (Å²) in [6.07, 6.45) is 2.92. The van der Waals surface area contributed by atoms with Crippen molar-refractivity contribution >= 4 is 16.9 Å². The second-order valence-electron chi connectivity index (χ2n) is 5.64. The maximum Gasteiger partial charge on any atom is 0.303 e. The van der Waals surface area contributed by atoms with Crippen LogP contribution in [0.3, 0.4) is 0 Å². The lowest BCUT2D eigenvalue weighted by Gasteiger charge is -2.03. The number of carbonyl (C=O) groups is 1. The number of aromatic nitrogens is 1. The Morgan fingerprint density at radius 3 is 2.65 bits per heavy atom. The summed E-state index contributed by atoms with van der Waals surface area (Å²) < 4.78 is 2.23. The molecule has 0 radical (unpaired) electrons. The second-order valence-corrected chi connectivity index (χ2v) is 5.64. The van der Waals surface area contributed by atoms with Crippen molar-refractivity contribution in [1.29, 1.82) is 0 Å². The smallest absolute Gasteiger partial charge is 0.303 e. The Balaban J connectivity index is 2.08. The Morgan fingerprint density at radius 2 is 2.00 bits per heavy atom. The largest absolute Gasteiger partial charge is 0.481 e. The summed E-state index contributed by atoms with van der Waals surface area (Å²) in [5, 5.41) is 10.1. The molecule has 0 aliphatic carbocycles. The molecule has 0 saturated heterocycles. The fraction of sp³-hybridized carbons (Fsp3) is 0.438. The molecule has 1 aromatic heterocycles. The van der Waals surface area contributed by atoms with Crippen molar-refractivity contribution < 1.29 is 9.90 Å². The molecule has 2 heterocycles. The van der Waals surface area contributed by atoms with Crippen LogP contribution in [0.2, 0.25) is 0 Å².